The number of carbonyl (C=O) groups is 1. The van der Waals surface area contributed by atoms with Gasteiger partial charge in [-0.2, -0.15) is 0 Å². The van der Waals surface area contributed by atoms with Crippen molar-refractivity contribution in [2.75, 3.05) is 11.9 Å². The van der Waals surface area contributed by atoms with Crippen LogP contribution in [-0.4, -0.2) is 12.5 Å². The van der Waals surface area contributed by atoms with Crippen LogP contribution in [0.5, 0.6) is 5.75 Å². The zero-order valence-electron chi connectivity index (χ0n) is 11.6. The number of rotatable bonds is 4. The molecule has 0 saturated carbocycles. The molecule has 1 aromatic heterocycles. The Labute approximate surface area is 121 Å². The first-order valence-electron chi connectivity index (χ1n) is 6.32. The maximum absolute atomic E-state index is 13.2. The molecular weight excluding hydrogens is 277 g/mol. The van der Waals surface area contributed by atoms with E-state index in [1.165, 1.54) is 18.2 Å². The van der Waals surface area contributed by atoms with Crippen LogP contribution >= 0.6 is 11.3 Å². The normalized spacial score (nSPS) is 10.4. The Morgan fingerprint density at radius 3 is 2.70 bits per heavy atom. The molecule has 0 radical (unpaired) electrons. The van der Waals surface area contributed by atoms with Crippen LogP contribution in [0.25, 0.3) is 0 Å². The van der Waals surface area contributed by atoms with Crippen LogP contribution in [-0.2, 0) is 0 Å². The first-order valence-corrected chi connectivity index (χ1v) is 7.13. The van der Waals surface area contributed by atoms with Crippen molar-refractivity contribution < 1.29 is 13.9 Å². The molecule has 0 spiro atoms. The third kappa shape index (κ3) is 3.17. The molecule has 3 nitrogen and oxygen atoms in total. The second-order valence-electron chi connectivity index (χ2n) is 4.35. The molecular formula is C15H16FNO2S. The quantitative estimate of drug-likeness (QED) is 0.919. The number of ether oxygens (including phenoxy) is 1. The minimum atomic E-state index is -0.394. The van der Waals surface area contributed by atoms with Crippen LogP contribution in [0.3, 0.4) is 0 Å². The van der Waals surface area contributed by atoms with Gasteiger partial charge in [-0.3, -0.25) is 4.79 Å². The molecule has 0 fully saturated rings. The highest BCUT2D eigenvalue weighted by Crippen LogP contribution is 2.27. The molecule has 2 aromatic rings. The van der Waals surface area contributed by atoms with Crippen LogP contribution in [0, 0.1) is 19.7 Å². The van der Waals surface area contributed by atoms with Gasteiger partial charge in [0.25, 0.3) is 5.91 Å². The van der Waals surface area contributed by atoms with E-state index in [0.717, 1.165) is 9.75 Å². The number of thiophene rings is 1. The molecule has 0 aliphatic rings. The fourth-order valence-electron chi connectivity index (χ4n) is 1.92. The molecule has 106 valence electrons. The maximum atomic E-state index is 13.2. The minimum Gasteiger partial charge on any atom is -0.492 e. The van der Waals surface area contributed by atoms with E-state index in [0.29, 0.717) is 23.6 Å². The topological polar surface area (TPSA) is 38.3 Å². The van der Waals surface area contributed by atoms with E-state index < -0.39 is 5.82 Å². The summed E-state index contributed by atoms with van der Waals surface area (Å²) >= 11 is 1.57. The lowest BCUT2D eigenvalue weighted by atomic mass is 10.2. The number of anilines is 1. The van der Waals surface area contributed by atoms with E-state index in [9.17, 15) is 9.18 Å². The molecule has 2 rings (SSSR count). The standard InChI is InChI=1S/C15H16FNO2S/c1-4-19-14-8-11(16)5-6-13(14)17-15(18)12-7-9(2)20-10(12)3/h5-8H,4H2,1-3H3,(H,17,18). The van der Waals surface area contributed by atoms with Crippen LogP contribution in [0.4, 0.5) is 10.1 Å². The number of hydrogen-bond donors (Lipinski definition) is 1. The number of benzene rings is 1. The van der Waals surface area contributed by atoms with E-state index in [1.54, 1.807) is 11.3 Å². The number of hydrogen-bond acceptors (Lipinski definition) is 3. The summed E-state index contributed by atoms with van der Waals surface area (Å²) in [6, 6.07) is 5.92. The summed E-state index contributed by atoms with van der Waals surface area (Å²) in [6.45, 7) is 6.07. The van der Waals surface area contributed by atoms with Crippen molar-refractivity contribution in [1.29, 1.82) is 0 Å². The number of halogens is 1. The number of amides is 1. The van der Waals surface area contributed by atoms with Gasteiger partial charge >= 0.3 is 0 Å². The molecule has 0 aliphatic heterocycles. The number of carbonyl (C=O) groups excluding carboxylic acids is 1. The summed E-state index contributed by atoms with van der Waals surface area (Å²) in [4.78, 5) is 14.3. The van der Waals surface area contributed by atoms with Gasteiger partial charge in [-0.15, -0.1) is 11.3 Å². The van der Waals surface area contributed by atoms with Gasteiger partial charge in [-0.1, -0.05) is 0 Å². The number of aryl methyl sites for hydroxylation is 2. The fourth-order valence-corrected chi connectivity index (χ4v) is 2.84. The van der Waals surface area contributed by atoms with E-state index in [2.05, 4.69) is 5.32 Å². The van der Waals surface area contributed by atoms with Crippen molar-refractivity contribution in [2.24, 2.45) is 0 Å². The van der Waals surface area contributed by atoms with Gasteiger partial charge < -0.3 is 10.1 Å². The monoisotopic (exact) mass is 293 g/mol. The summed E-state index contributed by atoms with van der Waals surface area (Å²) < 4.78 is 18.5. The van der Waals surface area contributed by atoms with Crippen molar-refractivity contribution in [3.8, 4) is 5.75 Å². The smallest absolute Gasteiger partial charge is 0.256 e. The molecule has 20 heavy (non-hydrogen) atoms. The summed E-state index contributed by atoms with van der Waals surface area (Å²) in [7, 11) is 0. The van der Waals surface area contributed by atoms with E-state index >= 15 is 0 Å². The van der Waals surface area contributed by atoms with Crippen LogP contribution in [0.2, 0.25) is 0 Å². The highest BCUT2D eigenvalue weighted by molar-refractivity contribution is 7.12. The molecule has 0 saturated heterocycles. The maximum Gasteiger partial charge on any atom is 0.256 e. The molecule has 0 atom stereocenters. The Morgan fingerprint density at radius 1 is 1.35 bits per heavy atom. The first-order chi connectivity index (χ1) is 9.51. The lowest BCUT2D eigenvalue weighted by Gasteiger charge is -2.11. The third-order valence-corrected chi connectivity index (χ3v) is 3.74. The zero-order chi connectivity index (χ0) is 14.7. The van der Waals surface area contributed by atoms with Gasteiger partial charge in [0, 0.05) is 15.8 Å². The van der Waals surface area contributed by atoms with Crippen molar-refractivity contribution in [3.05, 3.63) is 45.4 Å². The van der Waals surface area contributed by atoms with Gasteiger partial charge in [0.05, 0.1) is 17.9 Å². The lowest BCUT2D eigenvalue weighted by Crippen LogP contribution is -2.13. The van der Waals surface area contributed by atoms with Crippen molar-refractivity contribution in [2.45, 2.75) is 20.8 Å². The molecule has 0 bridgehead atoms. The SMILES string of the molecule is CCOc1cc(F)ccc1NC(=O)c1cc(C)sc1C. The lowest BCUT2D eigenvalue weighted by molar-refractivity contribution is 0.102. The predicted octanol–water partition coefficient (Wildman–Crippen LogP) is 4.16. The van der Waals surface area contributed by atoms with Crippen molar-refractivity contribution in [1.82, 2.24) is 0 Å². The minimum absolute atomic E-state index is 0.209. The van der Waals surface area contributed by atoms with Crippen LogP contribution in [0.1, 0.15) is 27.0 Å². The summed E-state index contributed by atoms with van der Waals surface area (Å²) in [6.07, 6.45) is 0. The van der Waals surface area contributed by atoms with Gasteiger partial charge in [-0.25, -0.2) is 4.39 Å². The highest BCUT2D eigenvalue weighted by atomic mass is 32.1. The Kier molecular flexibility index (Phi) is 4.39. The zero-order valence-corrected chi connectivity index (χ0v) is 12.4. The Bertz CT molecular complexity index is 637. The average molecular weight is 293 g/mol. The Morgan fingerprint density at radius 2 is 2.10 bits per heavy atom. The fraction of sp³-hybridized carbons (Fsp3) is 0.267. The van der Waals surface area contributed by atoms with E-state index in [1.807, 2.05) is 26.8 Å². The highest BCUT2D eigenvalue weighted by Gasteiger charge is 2.14. The molecule has 0 aliphatic carbocycles. The molecule has 5 heteroatoms. The predicted molar refractivity (Wildman–Crippen MR) is 79.3 cm³/mol. The van der Waals surface area contributed by atoms with Gasteiger partial charge in [0.15, 0.2) is 0 Å². The first kappa shape index (κ1) is 14.5. The van der Waals surface area contributed by atoms with Crippen LogP contribution < -0.4 is 10.1 Å². The molecule has 0 unspecified atom stereocenters. The molecule has 1 amide bonds. The number of nitrogens with one attached hydrogen (secondary N) is 1. The molecule has 1 heterocycles. The molecule has 1 aromatic carbocycles. The Hall–Kier alpha value is -1.88. The van der Waals surface area contributed by atoms with Crippen LogP contribution in [0.15, 0.2) is 24.3 Å². The van der Waals surface area contributed by atoms with Crippen molar-refractivity contribution in [3.63, 3.8) is 0 Å². The second-order valence-corrected chi connectivity index (χ2v) is 5.81. The summed E-state index contributed by atoms with van der Waals surface area (Å²) in [5.41, 5.74) is 1.11. The van der Waals surface area contributed by atoms with E-state index in [4.69, 9.17) is 4.74 Å². The summed E-state index contributed by atoms with van der Waals surface area (Å²) in [5, 5.41) is 2.77. The van der Waals surface area contributed by atoms with Gasteiger partial charge in [0.2, 0.25) is 0 Å². The Balaban J connectivity index is 2.25. The van der Waals surface area contributed by atoms with Crippen molar-refractivity contribution >= 4 is 22.9 Å². The summed E-state index contributed by atoms with van der Waals surface area (Å²) in [5.74, 6) is -0.265. The second kappa shape index (κ2) is 6.05. The van der Waals surface area contributed by atoms with E-state index in [-0.39, 0.29) is 5.91 Å². The largest absolute Gasteiger partial charge is 0.492 e. The van der Waals surface area contributed by atoms with Gasteiger partial charge in [-0.05, 0) is 39.0 Å². The van der Waals surface area contributed by atoms with Gasteiger partial charge in [0.1, 0.15) is 11.6 Å². The average Bonchev–Trinajstić information content (AvgIpc) is 2.72. The third-order valence-electron chi connectivity index (χ3n) is 2.78. The molecule has 1 N–H and O–H groups in total.